The fraction of sp³-hybridized carbons (Fsp3) is 0.111. The van der Waals surface area contributed by atoms with E-state index in [9.17, 15) is 4.79 Å². The van der Waals surface area contributed by atoms with Gasteiger partial charge in [-0.3, -0.25) is 9.48 Å². The number of aryl methyl sites for hydroxylation is 1. The molecule has 2 aromatic carbocycles. The van der Waals surface area contributed by atoms with E-state index in [0.29, 0.717) is 11.3 Å². The highest BCUT2D eigenvalue weighted by Gasteiger charge is 2.12. The Balaban J connectivity index is 1.80. The van der Waals surface area contributed by atoms with Gasteiger partial charge in [0.15, 0.2) is 0 Å². The van der Waals surface area contributed by atoms with E-state index in [1.807, 2.05) is 42.5 Å². The first-order valence-electron chi connectivity index (χ1n) is 7.46. The van der Waals surface area contributed by atoms with Crippen molar-refractivity contribution >= 4 is 23.0 Å². The first kappa shape index (κ1) is 15.6. The van der Waals surface area contributed by atoms with Crippen LogP contribution < -0.4 is 15.4 Å². The molecular weight excluding hydrogens is 304 g/mol. The Morgan fingerprint density at radius 1 is 1.08 bits per heavy atom. The zero-order chi connectivity index (χ0) is 16.9. The summed E-state index contributed by atoms with van der Waals surface area (Å²) in [5, 5.41) is 10.1. The fourth-order valence-electron chi connectivity index (χ4n) is 2.30. The Morgan fingerprint density at radius 3 is 2.50 bits per heavy atom. The van der Waals surface area contributed by atoms with Gasteiger partial charge in [0, 0.05) is 18.9 Å². The van der Waals surface area contributed by atoms with E-state index in [4.69, 9.17) is 4.74 Å². The summed E-state index contributed by atoms with van der Waals surface area (Å²) in [6.07, 6.45) is 3.36. The molecule has 0 atom stereocenters. The highest BCUT2D eigenvalue weighted by molar-refractivity contribution is 6.08. The van der Waals surface area contributed by atoms with Crippen molar-refractivity contribution in [3.05, 3.63) is 66.5 Å². The minimum absolute atomic E-state index is 0.195. The number of methoxy groups -OCH3 is 1. The van der Waals surface area contributed by atoms with Crippen molar-refractivity contribution in [2.45, 2.75) is 0 Å². The molecule has 0 bridgehead atoms. The van der Waals surface area contributed by atoms with Crippen molar-refractivity contribution < 1.29 is 9.53 Å². The third kappa shape index (κ3) is 3.55. The molecule has 0 spiro atoms. The lowest BCUT2D eigenvalue weighted by Gasteiger charge is -2.12. The van der Waals surface area contributed by atoms with E-state index < -0.39 is 0 Å². The summed E-state index contributed by atoms with van der Waals surface area (Å²) in [4.78, 5) is 12.5. The number of aromatic nitrogens is 2. The summed E-state index contributed by atoms with van der Waals surface area (Å²) in [7, 11) is 3.43. The number of nitrogens with zero attached hydrogens (tertiary/aromatic N) is 2. The van der Waals surface area contributed by atoms with Crippen molar-refractivity contribution in [3.63, 3.8) is 0 Å². The zero-order valence-corrected chi connectivity index (χ0v) is 13.5. The van der Waals surface area contributed by atoms with Crippen molar-refractivity contribution in [1.29, 1.82) is 0 Å². The van der Waals surface area contributed by atoms with E-state index in [1.165, 1.54) is 0 Å². The molecule has 6 nitrogen and oxygen atoms in total. The summed E-state index contributed by atoms with van der Waals surface area (Å²) >= 11 is 0. The molecule has 1 heterocycles. The number of carbonyl (C=O) groups excluding carboxylic acids is 1. The second-order valence-corrected chi connectivity index (χ2v) is 5.26. The van der Waals surface area contributed by atoms with Gasteiger partial charge in [-0.1, -0.05) is 12.1 Å². The summed E-state index contributed by atoms with van der Waals surface area (Å²) in [5.41, 5.74) is 2.81. The minimum Gasteiger partial charge on any atom is -0.497 e. The average molecular weight is 322 g/mol. The number of ether oxygens (including phenoxy) is 1. The van der Waals surface area contributed by atoms with Gasteiger partial charge in [0.25, 0.3) is 5.91 Å². The molecule has 1 amide bonds. The number of carbonyl (C=O) groups is 1. The predicted molar refractivity (Wildman–Crippen MR) is 93.9 cm³/mol. The molecule has 0 unspecified atom stereocenters. The summed E-state index contributed by atoms with van der Waals surface area (Å²) in [5.74, 6) is 0.586. The smallest absolute Gasteiger partial charge is 0.257 e. The summed E-state index contributed by atoms with van der Waals surface area (Å²) in [6.45, 7) is 0. The van der Waals surface area contributed by atoms with E-state index in [2.05, 4.69) is 15.7 Å². The number of rotatable bonds is 5. The number of para-hydroxylation sites is 1. The Kier molecular flexibility index (Phi) is 4.47. The minimum atomic E-state index is -0.195. The van der Waals surface area contributed by atoms with Crippen molar-refractivity contribution in [2.24, 2.45) is 7.05 Å². The van der Waals surface area contributed by atoms with Gasteiger partial charge in [0.2, 0.25) is 0 Å². The van der Waals surface area contributed by atoms with Crippen LogP contribution in [-0.2, 0) is 7.05 Å². The first-order valence-corrected chi connectivity index (χ1v) is 7.46. The van der Waals surface area contributed by atoms with Crippen LogP contribution in [0.1, 0.15) is 10.4 Å². The largest absolute Gasteiger partial charge is 0.497 e. The third-order valence-corrected chi connectivity index (χ3v) is 3.50. The van der Waals surface area contributed by atoms with Gasteiger partial charge in [0.05, 0.1) is 30.2 Å². The normalized spacial score (nSPS) is 10.2. The number of amides is 1. The number of hydrogen-bond acceptors (Lipinski definition) is 4. The van der Waals surface area contributed by atoms with Crippen LogP contribution in [-0.4, -0.2) is 22.8 Å². The number of hydrogen-bond donors (Lipinski definition) is 2. The summed E-state index contributed by atoms with van der Waals surface area (Å²) in [6, 6.07) is 14.9. The maximum Gasteiger partial charge on any atom is 0.257 e. The SMILES string of the molecule is COc1ccc(Nc2ccccc2C(=O)Nc2cnn(C)c2)cc1. The number of benzene rings is 2. The van der Waals surface area contributed by atoms with E-state index >= 15 is 0 Å². The molecule has 0 saturated heterocycles. The van der Waals surface area contributed by atoms with E-state index in [0.717, 1.165) is 17.1 Å². The van der Waals surface area contributed by atoms with Gasteiger partial charge in [-0.15, -0.1) is 0 Å². The fourth-order valence-corrected chi connectivity index (χ4v) is 2.30. The first-order chi connectivity index (χ1) is 11.7. The molecule has 24 heavy (non-hydrogen) atoms. The van der Waals surface area contributed by atoms with Gasteiger partial charge in [-0.25, -0.2) is 0 Å². The van der Waals surface area contributed by atoms with Crippen LogP contribution in [0.25, 0.3) is 0 Å². The van der Waals surface area contributed by atoms with E-state index in [1.54, 1.807) is 37.3 Å². The van der Waals surface area contributed by atoms with Crippen molar-refractivity contribution in [1.82, 2.24) is 9.78 Å². The molecule has 0 saturated carbocycles. The average Bonchev–Trinajstić information content (AvgIpc) is 3.01. The molecule has 0 aliphatic carbocycles. The standard InChI is InChI=1S/C18H18N4O2/c1-22-12-14(11-19-22)21-18(23)16-5-3-4-6-17(16)20-13-7-9-15(24-2)10-8-13/h3-12,20H,1-2H3,(H,21,23). The molecular formula is C18H18N4O2. The quantitative estimate of drug-likeness (QED) is 0.755. The second kappa shape index (κ2) is 6.87. The Morgan fingerprint density at radius 2 is 1.83 bits per heavy atom. The van der Waals surface area contributed by atoms with Crippen LogP contribution in [0.2, 0.25) is 0 Å². The van der Waals surface area contributed by atoms with Crippen molar-refractivity contribution in [3.8, 4) is 5.75 Å². The Labute approximate surface area is 140 Å². The lowest BCUT2D eigenvalue weighted by Crippen LogP contribution is -2.13. The van der Waals surface area contributed by atoms with Gasteiger partial charge in [-0.05, 0) is 36.4 Å². The molecule has 0 radical (unpaired) electrons. The predicted octanol–water partition coefficient (Wildman–Crippen LogP) is 3.42. The second-order valence-electron chi connectivity index (χ2n) is 5.26. The molecule has 0 aliphatic rings. The summed E-state index contributed by atoms with van der Waals surface area (Å²) < 4.78 is 6.79. The van der Waals surface area contributed by atoms with Crippen LogP contribution in [0.5, 0.6) is 5.75 Å². The molecule has 0 fully saturated rings. The highest BCUT2D eigenvalue weighted by atomic mass is 16.5. The van der Waals surface area contributed by atoms with Crippen molar-refractivity contribution in [2.75, 3.05) is 17.7 Å². The maximum atomic E-state index is 12.5. The molecule has 0 aliphatic heterocycles. The number of anilines is 3. The van der Waals surface area contributed by atoms with Crippen LogP contribution in [0, 0.1) is 0 Å². The zero-order valence-electron chi connectivity index (χ0n) is 13.5. The van der Waals surface area contributed by atoms with E-state index in [-0.39, 0.29) is 5.91 Å². The number of nitrogens with one attached hydrogen (secondary N) is 2. The molecule has 3 aromatic rings. The van der Waals surface area contributed by atoms with Crippen LogP contribution in [0.15, 0.2) is 60.9 Å². The van der Waals surface area contributed by atoms with Gasteiger partial charge < -0.3 is 15.4 Å². The van der Waals surface area contributed by atoms with Crippen LogP contribution in [0.3, 0.4) is 0 Å². The van der Waals surface area contributed by atoms with Gasteiger partial charge in [-0.2, -0.15) is 5.10 Å². The highest BCUT2D eigenvalue weighted by Crippen LogP contribution is 2.23. The Hall–Kier alpha value is -3.28. The molecule has 1 aromatic heterocycles. The van der Waals surface area contributed by atoms with Crippen LogP contribution >= 0.6 is 0 Å². The molecule has 2 N–H and O–H groups in total. The molecule has 3 rings (SSSR count). The maximum absolute atomic E-state index is 12.5. The molecule has 122 valence electrons. The van der Waals surface area contributed by atoms with Gasteiger partial charge >= 0.3 is 0 Å². The Bertz CT molecular complexity index is 840. The lowest BCUT2D eigenvalue weighted by molar-refractivity contribution is 0.102. The van der Waals surface area contributed by atoms with Gasteiger partial charge in [0.1, 0.15) is 5.75 Å². The third-order valence-electron chi connectivity index (χ3n) is 3.50. The molecule has 6 heteroatoms. The monoisotopic (exact) mass is 322 g/mol. The lowest BCUT2D eigenvalue weighted by atomic mass is 10.1. The topological polar surface area (TPSA) is 68.2 Å². The van der Waals surface area contributed by atoms with Crippen LogP contribution in [0.4, 0.5) is 17.1 Å².